The molecule has 0 aliphatic carbocycles. The molecule has 1 amide bonds. The second-order valence-corrected chi connectivity index (χ2v) is 8.53. The van der Waals surface area contributed by atoms with Crippen molar-refractivity contribution >= 4 is 32.6 Å². The lowest BCUT2D eigenvalue weighted by molar-refractivity contribution is -0.120. The van der Waals surface area contributed by atoms with E-state index in [-0.39, 0.29) is 12.5 Å². The van der Waals surface area contributed by atoms with Crippen LogP contribution in [0.25, 0.3) is 10.2 Å². The Bertz CT molecular complexity index is 1020. The summed E-state index contributed by atoms with van der Waals surface area (Å²) in [5.41, 5.74) is 3.32. The molecule has 0 unspecified atom stereocenters. The van der Waals surface area contributed by atoms with Gasteiger partial charge in [-0.15, -0.1) is 0 Å². The Morgan fingerprint density at radius 1 is 1.10 bits per heavy atom. The van der Waals surface area contributed by atoms with Gasteiger partial charge in [-0.05, 0) is 70.2 Å². The summed E-state index contributed by atoms with van der Waals surface area (Å²) in [6.07, 6.45) is 0.853. The van der Waals surface area contributed by atoms with Gasteiger partial charge in [0.2, 0.25) is 0 Å². The molecule has 0 atom stereocenters. The summed E-state index contributed by atoms with van der Waals surface area (Å²) in [6.45, 7) is 5.59. The third-order valence-corrected chi connectivity index (χ3v) is 6.04. The van der Waals surface area contributed by atoms with Crippen molar-refractivity contribution in [3.63, 3.8) is 0 Å². The molecule has 1 aromatic heterocycles. The first-order valence-corrected chi connectivity index (χ1v) is 10.8. The largest absolute Gasteiger partial charge is 0.497 e. The highest BCUT2D eigenvalue weighted by atomic mass is 32.1. The molecule has 0 saturated heterocycles. The van der Waals surface area contributed by atoms with Crippen LogP contribution >= 0.6 is 11.3 Å². The lowest BCUT2D eigenvalue weighted by Gasteiger charge is -2.21. The number of carbonyl (C=O) groups is 1. The lowest BCUT2D eigenvalue weighted by atomic mass is 10.1. The molecule has 0 aliphatic heterocycles. The Morgan fingerprint density at radius 3 is 2.60 bits per heavy atom. The molecule has 7 heteroatoms. The molecule has 0 saturated carbocycles. The zero-order valence-corrected chi connectivity index (χ0v) is 19.1. The summed E-state index contributed by atoms with van der Waals surface area (Å²) in [5.74, 6) is 1.19. The molecular weight excluding hydrogens is 398 g/mol. The maximum absolute atomic E-state index is 13.1. The van der Waals surface area contributed by atoms with E-state index < -0.39 is 0 Å². The number of methoxy groups -OCH3 is 1. The van der Waals surface area contributed by atoms with Gasteiger partial charge in [-0.25, -0.2) is 4.98 Å². The monoisotopic (exact) mass is 427 g/mol. The van der Waals surface area contributed by atoms with Crippen molar-refractivity contribution in [2.75, 3.05) is 45.8 Å². The predicted octanol–water partition coefficient (Wildman–Crippen LogP) is 4.29. The molecule has 0 N–H and O–H groups in total. The second-order valence-electron chi connectivity index (χ2n) is 7.52. The van der Waals surface area contributed by atoms with Gasteiger partial charge in [0.15, 0.2) is 11.7 Å². The van der Waals surface area contributed by atoms with E-state index in [1.165, 1.54) is 5.56 Å². The van der Waals surface area contributed by atoms with Crippen molar-refractivity contribution < 1.29 is 14.3 Å². The van der Waals surface area contributed by atoms with Crippen molar-refractivity contribution in [1.82, 2.24) is 9.88 Å². The number of nitrogens with zero attached hydrogens (tertiary/aromatic N) is 3. The van der Waals surface area contributed by atoms with Crippen molar-refractivity contribution in [2.45, 2.75) is 20.3 Å². The SMILES string of the molecule is COc1cccc(OCC(=O)N(CCCN(C)C)c2nc3c(C)c(C)ccc3s2)c1. The minimum absolute atomic E-state index is 0.0525. The molecule has 160 valence electrons. The molecule has 30 heavy (non-hydrogen) atoms. The van der Waals surface area contributed by atoms with E-state index in [9.17, 15) is 4.79 Å². The lowest BCUT2D eigenvalue weighted by Crippen LogP contribution is -2.36. The minimum Gasteiger partial charge on any atom is -0.497 e. The van der Waals surface area contributed by atoms with Gasteiger partial charge in [0.05, 0.1) is 17.3 Å². The predicted molar refractivity (Wildman–Crippen MR) is 123 cm³/mol. The minimum atomic E-state index is -0.106. The molecule has 0 bridgehead atoms. The molecule has 6 nitrogen and oxygen atoms in total. The van der Waals surface area contributed by atoms with E-state index in [2.05, 4.69) is 30.9 Å². The van der Waals surface area contributed by atoms with Crippen LogP contribution in [-0.4, -0.2) is 56.7 Å². The molecule has 2 aromatic carbocycles. The Kier molecular flexibility index (Phi) is 7.29. The fourth-order valence-corrected chi connectivity index (χ4v) is 4.18. The van der Waals surface area contributed by atoms with Crippen LogP contribution in [0.15, 0.2) is 36.4 Å². The van der Waals surface area contributed by atoms with Crippen LogP contribution in [0.3, 0.4) is 0 Å². The van der Waals surface area contributed by atoms with E-state index in [1.807, 2.05) is 32.3 Å². The Morgan fingerprint density at radius 2 is 1.87 bits per heavy atom. The third kappa shape index (κ3) is 5.29. The smallest absolute Gasteiger partial charge is 0.266 e. The van der Waals surface area contributed by atoms with Gasteiger partial charge in [0.25, 0.3) is 5.91 Å². The van der Waals surface area contributed by atoms with Crippen molar-refractivity contribution in [1.29, 1.82) is 0 Å². The number of benzene rings is 2. The van der Waals surface area contributed by atoms with Crippen LogP contribution in [0.2, 0.25) is 0 Å². The number of anilines is 1. The number of hydrogen-bond donors (Lipinski definition) is 0. The summed E-state index contributed by atoms with van der Waals surface area (Å²) in [4.78, 5) is 21.8. The van der Waals surface area contributed by atoms with Crippen LogP contribution < -0.4 is 14.4 Å². The maximum atomic E-state index is 13.1. The van der Waals surface area contributed by atoms with Gasteiger partial charge >= 0.3 is 0 Å². The summed E-state index contributed by atoms with van der Waals surface area (Å²) < 4.78 is 12.1. The van der Waals surface area contributed by atoms with Gasteiger partial charge in [0, 0.05) is 12.6 Å². The Labute approximate surface area is 182 Å². The standard InChI is InChI=1S/C23H29N3O3S/c1-16-10-11-20-22(17(16)2)24-23(30-20)26(13-7-12-25(3)4)21(27)15-29-19-9-6-8-18(14-19)28-5/h6,8-11,14H,7,12-13,15H2,1-5H3. The fourth-order valence-electron chi connectivity index (χ4n) is 3.12. The molecule has 1 heterocycles. The molecule has 0 radical (unpaired) electrons. The van der Waals surface area contributed by atoms with E-state index in [1.54, 1.807) is 29.4 Å². The molecular formula is C23H29N3O3S. The highest BCUT2D eigenvalue weighted by Crippen LogP contribution is 2.32. The first-order valence-electron chi connectivity index (χ1n) is 9.97. The number of thiazole rings is 1. The summed E-state index contributed by atoms with van der Waals surface area (Å²) >= 11 is 1.55. The van der Waals surface area contributed by atoms with Gasteiger partial charge in [-0.1, -0.05) is 23.5 Å². The Balaban J connectivity index is 1.80. The zero-order chi connectivity index (χ0) is 21.7. The molecule has 0 fully saturated rings. The summed E-state index contributed by atoms with van der Waals surface area (Å²) in [6, 6.07) is 11.4. The number of aryl methyl sites for hydroxylation is 2. The fraction of sp³-hybridized carbons (Fsp3) is 0.391. The third-order valence-electron chi connectivity index (χ3n) is 5.00. The van der Waals surface area contributed by atoms with Crippen molar-refractivity contribution in [3.8, 4) is 11.5 Å². The highest BCUT2D eigenvalue weighted by Gasteiger charge is 2.21. The van der Waals surface area contributed by atoms with E-state index in [0.29, 0.717) is 18.0 Å². The number of hydrogen-bond acceptors (Lipinski definition) is 6. The maximum Gasteiger partial charge on any atom is 0.266 e. The zero-order valence-electron chi connectivity index (χ0n) is 18.3. The van der Waals surface area contributed by atoms with E-state index in [0.717, 1.165) is 33.9 Å². The van der Waals surface area contributed by atoms with Crippen LogP contribution in [-0.2, 0) is 4.79 Å². The summed E-state index contributed by atoms with van der Waals surface area (Å²) in [5, 5.41) is 0.719. The number of ether oxygens (including phenoxy) is 2. The molecule has 0 spiro atoms. The van der Waals surface area contributed by atoms with E-state index >= 15 is 0 Å². The number of fused-ring (bicyclic) bond motifs is 1. The molecule has 3 rings (SSSR count). The van der Waals surface area contributed by atoms with Crippen LogP contribution in [0.5, 0.6) is 11.5 Å². The van der Waals surface area contributed by atoms with Crippen LogP contribution in [0, 0.1) is 13.8 Å². The van der Waals surface area contributed by atoms with Crippen LogP contribution in [0.1, 0.15) is 17.5 Å². The number of carbonyl (C=O) groups excluding carboxylic acids is 1. The quantitative estimate of drug-likeness (QED) is 0.510. The first kappa shape index (κ1) is 22.1. The average Bonchev–Trinajstić information content (AvgIpc) is 3.17. The van der Waals surface area contributed by atoms with Gasteiger partial charge in [-0.3, -0.25) is 9.69 Å². The second kappa shape index (κ2) is 9.91. The normalized spacial score (nSPS) is 11.1. The van der Waals surface area contributed by atoms with Gasteiger partial charge in [-0.2, -0.15) is 0 Å². The number of rotatable bonds is 9. The van der Waals surface area contributed by atoms with Crippen molar-refractivity contribution in [3.05, 3.63) is 47.5 Å². The average molecular weight is 428 g/mol. The Hall–Kier alpha value is -2.64. The van der Waals surface area contributed by atoms with E-state index in [4.69, 9.17) is 14.5 Å². The van der Waals surface area contributed by atoms with Crippen LogP contribution in [0.4, 0.5) is 5.13 Å². The number of aromatic nitrogens is 1. The highest BCUT2D eigenvalue weighted by molar-refractivity contribution is 7.22. The van der Waals surface area contributed by atoms with Gasteiger partial charge < -0.3 is 14.4 Å². The molecule has 3 aromatic rings. The van der Waals surface area contributed by atoms with Gasteiger partial charge in [0.1, 0.15) is 11.5 Å². The summed E-state index contributed by atoms with van der Waals surface area (Å²) in [7, 11) is 5.66. The first-order chi connectivity index (χ1) is 14.4. The topological polar surface area (TPSA) is 54.9 Å². The number of amides is 1. The van der Waals surface area contributed by atoms with Crippen molar-refractivity contribution in [2.24, 2.45) is 0 Å². The molecule has 0 aliphatic rings.